The zero-order chi connectivity index (χ0) is 15.6. The summed E-state index contributed by atoms with van der Waals surface area (Å²) in [5, 5.41) is 9.77. The topological polar surface area (TPSA) is 49.2 Å². The second-order valence-electron chi connectivity index (χ2n) is 7.05. The van der Waals surface area contributed by atoms with E-state index in [4.69, 9.17) is 9.72 Å². The van der Waals surface area contributed by atoms with Gasteiger partial charge in [-0.25, -0.2) is 4.98 Å². The van der Waals surface area contributed by atoms with Gasteiger partial charge in [0.15, 0.2) is 0 Å². The van der Waals surface area contributed by atoms with Gasteiger partial charge in [-0.2, -0.15) is 5.26 Å². The number of fused-ring (bicyclic) bond motifs is 1. The quantitative estimate of drug-likeness (QED) is 0.840. The minimum Gasteiger partial charge on any atom is -0.378 e. The summed E-state index contributed by atoms with van der Waals surface area (Å²) in [7, 11) is 0. The predicted octanol–water partition coefficient (Wildman–Crippen LogP) is 3.33. The Balaban J connectivity index is 1.79. The van der Waals surface area contributed by atoms with Crippen molar-refractivity contribution in [2.24, 2.45) is 0 Å². The first-order valence-electron chi connectivity index (χ1n) is 9.17. The fourth-order valence-corrected chi connectivity index (χ4v) is 4.51. The summed E-state index contributed by atoms with van der Waals surface area (Å²) < 4.78 is 5.48. The van der Waals surface area contributed by atoms with Gasteiger partial charge in [-0.3, -0.25) is 0 Å². The van der Waals surface area contributed by atoms with Crippen LogP contribution >= 0.6 is 0 Å². The molecule has 4 heteroatoms. The van der Waals surface area contributed by atoms with Gasteiger partial charge in [0.1, 0.15) is 11.9 Å². The lowest BCUT2D eigenvalue weighted by Crippen LogP contribution is -2.37. The molecule has 122 valence electrons. The van der Waals surface area contributed by atoms with Crippen molar-refractivity contribution in [3.8, 4) is 6.07 Å². The van der Waals surface area contributed by atoms with E-state index in [9.17, 15) is 5.26 Å². The Morgan fingerprint density at radius 1 is 1.00 bits per heavy atom. The molecule has 0 bridgehead atoms. The van der Waals surface area contributed by atoms with E-state index in [0.717, 1.165) is 50.5 Å². The SMILES string of the molecule is N#Cc1c(N2CCOCC2)nc(C2CCCCC2)c2c1CCC2. The summed E-state index contributed by atoms with van der Waals surface area (Å²) in [6, 6.07) is 2.48. The summed E-state index contributed by atoms with van der Waals surface area (Å²) >= 11 is 0. The summed E-state index contributed by atoms with van der Waals surface area (Å²) in [5.74, 6) is 1.56. The molecule has 23 heavy (non-hydrogen) atoms. The van der Waals surface area contributed by atoms with Crippen molar-refractivity contribution in [2.75, 3.05) is 31.2 Å². The monoisotopic (exact) mass is 311 g/mol. The van der Waals surface area contributed by atoms with Crippen LogP contribution in [-0.2, 0) is 17.6 Å². The highest BCUT2D eigenvalue weighted by Crippen LogP contribution is 2.40. The minimum atomic E-state index is 0.614. The molecular weight excluding hydrogens is 286 g/mol. The van der Waals surface area contributed by atoms with E-state index in [2.05, 4.69) is 11.0 Å². The number of nitriles is 1. The second-order valence-corrected chi connectivity index (χ2v) is 7.05. The average Bonchev–Trinajstić information content (AvgIpc) is 3.11. The molecule has 2 fully saturated rings. The molecule has 0 unspecified atom stereocenters. The Morgan fingerprint density at radius 2 is 1.74 bits per heavy atom. The maximum absolute atomic E-state index is 9.77. The smallest absolute Gasteiger partial charge is 0.147 e. The highest BCUT2D eigenvalue weighted by molar-refractivity contribution is 5.62. The van der Waals surface area contributed by atoms with Gasteiger partial charge in [-0.1, -0.05) is 19.3 Å². The van der Waals surface area contributed by atoms with Gasteiger partial charge in [0.2, 0.25) is 0 Å². The molecule has 1 aromatic heterocycles. The predicted molar refractivity (Wildman–Crippen MR) is 89.8 cm³/mol. The van der Waals surface area contributed by atoms with Gasteiger partial charge in [-0.15, -0.1) is 0 Å². The fourth-order valence-electron chi connectivity index (χ4n) is 4.51. The molecule has 0 amide bonds. The second kappa shape index (κ2) is 6.49. The molecule has 2 aliphatic carbocycles. The number of anilines is 1. The lowest BCUT2D eigenvalue weighted by Gasteiger charge is -2.31. The van der Waals surface area contributed by atoms with Crippen molar-refractivity contribution >= 4 is 5.82 Å². The van der Waals surface area contributed by atoms with Crippen LogP contribution < -0.4 is 4.90 Å². The number of ether oxygens (including phenoxy) is 1. The lowest BCUT2D eigenvalue weighted by molar-refractivity contribution is 0.122. The molecule has 0 aromatic carbocycles. The van der Waals surface area contributed by atoms with E-state index in [1.165, 1.54) is 55.3 Å². The van der Waals surface area contributed by atoms with E-state index in [1.54, 1.807) is 0 Å². The maximum Gasteiger partial charge on any atom is 0.147 e. The molecule has 4 nitrogen and oxygen atoms in total. The van der Waals surface area contributed by atoms with Crippen molar-refractivity contribution in [1.29, 1.82) is 5.26 Å². The van der Waals surface area contributed by atoms with Crippen LogP contribution in [0.4, 0.5) is 5.82 Å². The molecule has 1 aliphatic heterocycles. The Bertz CT molecular complexity index is 622. The van der Waals surface area contributed by atoms with Crippen LogP contribution in [0.15, 0.2) is 0 Å². The van der Waals surface area contributed by atoms with E-state index < -0.39 is 0 Å². The van der Waals surface area contributed by atoms with Crippen LogP contribution in [0.25, 0.3) is 0 Å². The summed E-state index contributed by atoms with van der Waals surface area (Å²) in [6.07, 6.45) is 9.91. The highest BCUT2D eigenvalue weighted by Gasteiger charge is 2.30. The summed E-state index contributed by atoms with van der Waals surface area (Å²) in [4.78, 5) is 7.38. The Kier molecular flexibility index (Phi) is 4.22. The molecule has 1 aromatic rings. The van der Waals surface area contributed by atoms with Gasteiger partial charge >= 0.3 is 0 Å². The summed E-state index contributed by atoms with van der Waals surface area (Å²) in [6.45, 7) is 3.18. The number of rotatable bonds is 2. The van der Waals surface area contributed by atoms with E-state index in [0.29, 0.717) is 5.92 Å². The summed E-state index contributed by atoms with van der Waals surface area (Å²) in [5.41, 5.74) is 4.91. The zero-order valence-corrected chi connectivity index (χ0v) is 13.8. The molecule has 4 rings (SSSR count). The van der Waals surface area contributed by atoms with E-state index >= 15 is 0 Å². The van der Waals surface area contributed by atoms with Gasteiger partial charge in [0.05, 0.1) is 18.8 Å². The largest absolute Gasteiger partial charge is 0.378 e. The van der Waals surface area contributed by atoms with Gasteiger partial charge in [-0.05, 0) is 43.2 Å². The molecule has 0 atom stereocenters. The number of morpholine rings is 1. The van der Waals surface area contributed by atoms with E-state index in [1.807, 2.05) is 0 Å². The third kappa shape index (κ3) is 2.72. The highest BCUT2D eigenvalue weighted by atomic mass is 16.5. The van der Waals surface area contributed by atoms with Crippen LogP contribution in [0.2, 0.25) is 0 Å². The Labute approximate surface area is 138 Å². The zero-order valence-electron chi connectivity index (χ0n) is 13.8. The molecule has 0 N–H and O–H groups in total. The third-order valence-electron chi connectivity index (χ3n) is 5.69. The Hall–Kier alpha value is -1.60. The first kappa shape index (κ1) is 15.0. The Morgan fingerprint density at radius 3 is 2.48 bits per heavy atom. The van der Waals surface area contributed by atoms with Crippen LogP contribution in [0.3, 0.4) is 0 Å². The molecule has 1 saturated heterocycles. The van der Waals surface area contributed by atoms with Gasteiger partial charge in [0.25, 0.3) is 0 Å². The normalized spacial score (nSPS) is 22.0. The van der Waals surface area contributed by atoms with Gasteiger partial charge in [0, 0.05) is 24.7 Å². The number of hydrogen-bond donors (Lipinski definition) is 0. The van der Waals surface area contributed by atoms with Gasteiger partial charge < -0.3 is 9.64 Å². The third-order valence-corrected chi connectivity index (χ3v) is 5.69. The van der Waals surface area contributed by atoms with Crippen molar-refractivity contribution in [2.45, 2.75) is 57.3 Å². The minimum absolute atomic E-state index is 0.614. The molecular formula is C19H25N3O. The maximum atomic E-state index is 9.77. The average molecular weight is 311 g/mol. The molecule has 1 saturated carbocycles. The number of hydrogen-bond acceptors (Lipinski definition) is 4. The van der Waals surface area contributed by atoms with Crippen molar-refractivity contribution in [3.63, 3.8) is 0 Å². The molecule has 3 aliphatic rings. The fraction of sp³-hybridized carbons (Fsp3) is 0.684. The van der Waals surface area contributed by atoms with Crippen LogP contribution in [0.5, 0.6) is 0 Å². The van der Waals surface area contributed by atoms with Crippen LogP contribution in [0, 0.1) is 11.3 Å². The number of nitrogens with zero attached hydrogens (tertiary/aromatic N) is 3. The number of aromatic nitrogens is 1. The van der Waals surface area contributed by atoms with E-state index in [-0.39, 0.29) is 0 Å². The van der Waals surface area contributed by atoms with Crippen molar-refractivity contribution < 1.29 is 4.74 Å². The number of pyridine rings is 1. The molecule has 0 spiro atoms. The lowest BCUT2D eigenvalue weighted by atomic mass is 9.84. The van der Waals surface area contributed by atoms with Crippen LogP contribution in [0.1, 0.15) is 66.8 Å². The molecule has 0 radical (unpaired) electrons. The standard InChI is InChI=1S/C19H25N3O/c20-13-17-15-7-4-8-16(15)18(14-5-2-1-3-6-14)21-19(17)22-9-11-23-12-10-22/h14H,1-12H2. The first-order valence-corrected chi connectivity index (χ1v) is 9.17. The van der Waals surface area contributed by atoms with Crippen molar-refractivity contribution in [1.82, 2.24) is 4.98 Å². The van der Waals surface area contributed by atoms with Crippen LogP contribution in [-0.4, -0.2) is 31.3 Å². The van der Waals surface area contributed by atoms with Crippen molar-refractivity contribution in [3.05, 3.63) is 22.4 Å². The molecule has 2 heterocycles. The first-order chi connectivity index (χ1) is 11.4.